The summed E-state index contributed by atoms with van der Waals surface area (Å²) in [5, 5.41) is 14.7. The standard InChI is InChI=1S/C25H20BrN5OS3/c26-16-9-11-17(12-10-16)27-20(32)14-34-25-30-29-22-21-18-7-4-8-19(18)35-23(21)28-24(31(22)25)33-13-15-5-2-1-3-6-15/h1-3,5-6,9-12H,4,7-8,13-14H2,(H,27,32). The van der Waals surface area contributed by atoms with Crippen LogP contribution in [-0.4, -0.2) is 31.2 Å². The van der Waals surface area contributed by atoms with Gasteiger partial charge in [0.1, 0.15) is 4.83 Å². The fourth-order valence-corrected chi connectivity index (χ4v) is 7.53. The highest BCUT2D eigenvalue weighted by Crippen LogP contribution is 2.40. The van der Waals surface area contributed by atoms with Crippen LogP contribution in [0.5, 0.6) is 0 Å². The molecule has 6 rings (SSSR count). The minimum atomic E-state index is -0.0852. The number of aryl methyl sites for hydroxylation is 2. The van der Waals surface area contributed by atoms with Gasteiger partial charge in [0, 0.05) is 20.8 Å². The molecule has 6 nitrogen and oxygen atoms in total. The first-order chi connectivity index (χ1) is 17.2. The molecule has 1 aliphatic rings. The summed E-state index contributed by atoms with van der Waals surface area (Å²) in [6.45, 7) is 0. The van der Waals surface area contributed by atoms with E-state index in [0.29, 0.717) is 5.16 Å². The first kappa shape index (κ1) is 23.0. The Bertz CT molecular complexity index is 1530. The fourth-order valence-electron chi connectivity index (χ4n) is 4.21. The van der Waals surface area contributed by atoms with Crippen molar-refractivity contribution in [3.63, 3.8) is 0 Å². The number of hydrogen-bond acceptors (Lipinski definition) is 7. The highest BCUT2D eigenvalue weighted by atomic mass is 79.9. The summed E-state index contributed by atoms with van der Waals surface area (Å²) in [5.74, 6) is 0.948. The number of fused-ring (bicyclic) bond motifs is 5. The Kier molecular flexibility index (Phi) is 6.53. The molecule has 0 fully saturated rings. The monoisotopic (exact) mass is 581 g/mol. The molecule has 0 atom stereocenters. The number of hydrogen-bond donors (Lipinski definition) is 1. The van der Waals surface area contributed by atoms with Crippen LogP contribution in [0.2, 0.25) is 0 Å². The van der Waals surface area contributed by atoms with Crippen LogP contribution in [0.25, 0.3) is 15.9 Å². The van der Waals surface area contributed by atoms with Crippen molar-refractivity contribution in [2.75, 3.05) is 11.1 Å². The van der Waals surface area contributed by atoms with E-state index in [-0.39, 0.29) is 11.7 Å². The summed E-state index contributed by atoms with van der Waals surface area (Å²) in [5.41, 5.74) is 4.22. The van der Waals surface area contributed by atoms with E-state index < -0.39 is 0 Å². The Balaban J connectivity index is 1.31. The van der Waals surface area contributed by atoms with Crippen LogP contribution in [0.1, 0.15) is 22.4 Å². The zero-order valence-corrected chi connectivity index (χ0v) is 22.6. The number of anilines is 1. The smallest absolute Gasteiger partial charge is 0.234 e. The van der Waals surface area contributed by atoms with E-state index in [0.717, 1.165) is 49.8 Å². The van der Waals surface area contributed by atoms with Crippen molar-refractivity contribution in [1.29, 1.82) is 0 Å². The number of benzene rings is 2. The SMILES string of the molecule is O=C(CSc1nnc2c3c4c(sc3nc(SCc3ccccc3)n12)CCC4)Nc1ccc(Br)cc1. The number of amides is 1. The normalized spacial score (nSPS) is 12.9. The minimum Gasteiger partial charge on any atom is -0.325 e. The highest BCUT2D eigenvalue weighted by molar-refractivity contribution is 9.10. The molecule has 1 N–H and O–H groups in total. The van der Waals surface area contributed by atoms with E-state index in [2.05, 4.69) is 55.7 Å². The molecular formula is C25H20BrN5OS3. The Morgan fingerprint density at radius 3 is 2.69 bits per heavy atom. The summed E-state index contributed by atoms with van der Waals surface area (Å²) < 4.78 is 3.01. The van der Waals surface area contributed by atoms with Crippen molar-refractivity contribution in [1.82, 2.24) is 19.6 Å². The van der Waals surface area contributed by atoms with Gasteiger partial charge in [-0.05, 0) is 54.7 Å². The number of rotatable bonds is 7. The van der Waals surface area contributed by atoms with E-state index in [1.54, 1.807) is 23.1 Å². The molecule has 0 spiro atoms. The van der Waals surface area contributed by atoms with Gasteiger partial charge in [-0.3, -0.25) is 4.79 Å². The van der Waals surface area contributed by atoms with Crippen molar-refractivity contribution in [3.8, 4) is 0 Å². The number of carbonyl (C=O) groups is 1. The Hall–Kier alpha value is -2.40. The van der Waals surface area contributed by atoms with E-state index in [1.807, 2.05) is 34.7 Å². The van der Waals surface area contributed by atoms with Crippen LogP contribution >= 0.6 is 50.8 Å². The maximum absolute atomic E-state index is 12.6. The third-order valence-electron chi connectivity index (χ3n) is 5.82. The second-order valence-corrected chi connectivity index (χ2v) is 12.1. The zero-order chi connectivity index (χ0) is 23.8. The molecular weight excluding hydrogens is 562 g/mol. The quantitative estimate of drug-likeness (QED) is 0.172. The molecule has 2 aromatic carbocycles. The molecule has 3 heterocycles. The summed E-state index contributed by atoms with van der Waals surface area (Å²) in [4.78, 5) is 20.2. The lowest BCUT2D eigenvalue weighted by atomic mass is 10.2. The number of nitrogens with zero attached hydrogens (tertiary/aromatic N) is 4. The lowest BCUT2D eigenvalue weighted by molar-refractivity contribution is -0.113. The average Bonchev–Trinajstić information content (AvgIpc) is 3.58. The molecule has 0 saturated heterocycles. The molecule has 5 aromatic rings. The van der Waals surface area contributed by atoms with Gasteiger partial charge in [-0.1, -0.05) is 69.8 Å². The topological polar surface area (TPSA) is 72.2 Å². The summed E-state index contributed by atoms with van der Waals surface area (Å²) in [7, 11) is 0. The predicted molar refractivity (Wildman–Crippen MR) is 148 cm³/mol. The van der Waals surface area contributed by atoms with E-state index in [9.17, 15) is 4.79 Å². The largest absolute Gasteiger partial charge is 0.325 e. The van der Waals surface area contributed by atoms with Crippen molar-refractivity contribution in [2.45, 2.75) is 35.3 Å². The number of nitrogens with one attached hydrogen (secondary N) is 1. The van der Waals surface area contributed by atoms with Crippen molar-refractivity contribution in [2.24, 2.45) is 0 Å². The third kappa shape index (κ3) is 4.72. The Morgan fingerprint density at radius 2 is 1.86 bits per heavy atom. The predicted octanol–water partition coefficient (Wildman–Crippen LogP) is 6.61. The van der Waals surface area contributed by atoms with Gasteiger partial charge in [0.05, 0.1) is 11.1 Å². The second kappa shape index (κ2) is 9.93. The molecule has 1 amide bonds. The fraction of sp³-hybridized carbons (Fsp3) is 0.200. The van der Waals surface area contributed by atoms with Gasteiger partial charge in [0.15, 0.2) is 16.0 Å². The maximum atomic E-state index is 12.6. The number of aromatic nitrogens is 4. The van der Waals surface area contributed by atoms with E-state index >= 15 is 0 Å². The van der Waals surface area contributed by atoms with Crippen molar-refractivity contribution < 1.29 is 4.79 Å². The lowest BCUT2D eigenvalue weighted by Crippen LogP contribution is -2.14. The van der Waals surface area contributed by atoms with Crippen LogP contribution < -0.4 is 5.32 Å². The van der Waals surface area contributed by atoms with Crippen LogP contribution in [0.4, 0.5) is 5.69 Å². The molecule has 0 radical (unpaired) electrons. The second-order valence-electron chi connectivity index (χ2n) is 8.19. The molecule has 0 bridgehead atoms. The molecule has 0 aliphatic heterocycles. The van der Waals surface area contributed by atoms with Crippen molar-refractivity contribution >= 4 is 78.2 Å². The molecule has 10 heteroatoms. The molecule has 0 saturated carbocycles. The molecule has 3 aromatic heterocycles. The molecule has 0 unspecified atom stereocenters. The number of halogens is 1. The number of thiophene rings is 1. The van der Waals surface area contributed by atoms with Gasteiger partial charge in [0.2, 0.25) is 5.91 Å². The Labute approximate surface area is 223 Å². The Morgan fingerprint density at radius 1 is 1.03 bits per heavy atom. The first-order valence-electron chi connectivity index (χ1n) is 11.2. The van der Waals surface area contributed by atoms with Gasteiger partial charge >= 0.3 is 0 Å². The van der Waals surface area contributed by atoms with Gasteiger partial charge < -0.3 is 5.32 Å². The maximum Gasteiger partial charge on any atom is 0.234 e. The zero-order valence-electron chi connectivity index (χ0n) is 18.5. The molecule has 35 heavy (non-hydrogen) atoms. The highest BCUT2D eigenvalue weighted by Gasteiger charge is 2.25. The number of thioether (sulfide) groups is 2. The summed E-state index contributed by atoms with van der Waals surface area (Å²) in [6.07, 6.45) is 3.36. The molecule has 176 valence electrons. The van der Waals surface area contributed by atoms with Crippen LogP contribution in [0, 0.1) is 0 Å². The minimum absolute atomic E-state index is 0.0852. The third-order valence-corrected chi connectivity index (χ3v) is 9.47. The number of carbonyl (C=O) groups excluding carboxylic acids is 1. The van der Waals surface area contributed by atoms with Crippen LogP contribution in [-0.2, 0) is 23.4 Å². The average molecular weight is 583 g/mol. The van der Waals surface area contributed by atoms with Crippen LogP contribution in [0.15, 0.2) is 69.4 Å². The summed E-state index contributed by atoms with van der Waals surface area (Å²) >= 11 is 8.26. The van der Waals surface area contributed by atoms with Crippen molar-refractivity contribution in [3.05, 3.63) is 75.1 Å². The first-order valence-corrected chi connectivity index (χ1v) is 14.8. The van der Waals surface area contributed by atoms with Gasteiger partial charge in [-0.25, -0.2) is 9.38 Å². The van der Waals surface area contributed by atoms with Crippen LogP contribution in [0.3, 0.4) is 0 Å². The van der Waals surface area contributed by atoms with Gasteiger partial charge in [-0.15, -0.1) is 21.5 Å². The summed E-state index contributed by atoms with van der Waals surface area (Å²) in [6, 6.07) is 17.9. The van der Waals surface area contributed by atoms with Gasteiger partial charge in [0.25, 0.3) is 0 Å². The molecule has 1 aliphatic carbocycles. The lowest BCUT2D eigenvalue weighted by Gasteiger charge is -2.09. The van der Waals surface area contributed by atoms with Gasteiger partial charge in [-0.2, -0.15) is 0 Å². The van der Waals surface area contributed by atoms with E-state index in [4.69, 9.17) is 4.98 Å². The van der Waals surface area contributed by atoms with E-state index in [1.165, 1.54) is 34.2 Å².